The van der Waals surface area contributed by atoms with Gasteiger partial charge in [0.25, 0.3) is 0 Å². The first-order chi connectivity index (χ1) is 9.96. The first kappa shape index (κ1) is 20.2. The van der Waals surface area contributed by atoms with Crippen LogP contribution in [-0.2, 0) is 5.54 Å². The van der Waals surface area contributed by atoms with Gasteiger partial charge in [-0.2, -0.15) is 5.10 Å². The minimum absolute atomic E-state index is 0.157. The van der Waals surface area contributed by atoms with Gasteiger partial charge >= 0.3 is 0 Å². The summed E-state index contributed by atoms with van der Waals surface area (Å²) >= 11 is 8.41. The molecule has 1 heterocycles. The first-order valence-electron chi connectivity index (χ1n) is 8.06. The van der Waals surface area contributed by atoms with E-state index in [1.807, 2.05) is 0 Å². The van der Waals surface area contributed by atoms with E-state index in [0.717, 1.165) is 4.60 Å². The lowest BCUT2D eigenvalue weighted by Crippen LogP contribution is -2.32. The molecular formula is C16H27BrI2N2. The van der Waals surface area contributed by atoms with Crippen LogP contribution in [0.1, 0.15) is 78.6 Å². The van der Waals surface area contributed by atoms with Crippen LogP contribution < -0.4 is 0 Å². The highest BCUT2D eigenvalue weighted by atomic mass is 127. The van der Waals surface area contributed by atoms with Crippen molar-refractivity contribution < 1.29 is 0 Å². The van der Waals surface area contributed by atoms with E-state index in [0.29, 0.717) is 0 Å². The SMILES string of the molecule is CCCCCCCC(C)(CCCC)n1nc(Br)c(I)c1I. The summed E-state index contributed by atoms with van der Waals surface area (Å²) in [5.74, 6) is 0. The lowest BCUT2D eigenvalue weighted by molar-refractivity contribution is 0.223. The van der Waals surface area contributed by atoms with Gasteiger partial charge in [-0.25, -0.2) is 0 Å². The van der Waals surface area contributed by atoms with Crippen molar-refractivity contribution in [1.29, 1.82) is 0 Å². The van der Waals surface area contributed by atoms with Crippen LogP contribution in [0, 0.1) is 7.27 Å². The maximum Gasteiger partial charge on any atom is 0.142 e. The average Bonchev–Trinajstić information content (AvgIpc) is 2.73. The fourth-order valence-electron chi connectivity index (χ4n) is 2.72. The molecule has 122 valence electrons. The maximum atomic E-state index is 4.77. The first-order valence-corrected chi connectivity index (χ1v) is 11.0. The van der Waals surface area contributed by atoms with Gasteiger partial charge in [-0.05, 0) is 80.9 Å². The normalized spacial score (nSPS) is 14.4. The van der Waals surface area contributed by atoms with E-state index in [1.54, 1.807) is 0 Å². The minimum atomic E-state index is 0.157. The number of nitrogens with zero attached hydrogens (tertiary/aromatic N) is 2. The van der Waals surface area contributed by atoms with Crippen LogP contribution in [0.3, 0.4) is 0 Å². The van der Waals surface area contributed by atoms with E-state index in [9.17, 15) is 0 Å². The predicted molar refractivity (Wildman–Crippen MR) is 112 cm³/mol. The highest BCUT2D eigenvalue weighted by Crippen LogP contribution is 2.34. The molecule has 5 heteroatoms. The van der Waals surface area contributed by atoms with E-state index in [-0.39, 0.29) is 5.54 Å². The van der Waals surface area contributed by atoms with Gasteiger partial charge < -0.3 is 0 Å². The lowest BCUT2D eigenvalue weighted by Gasteiger charge is -2.31. The molecule has 0 radical (unpaired) electrons. The molecule has 1 rings (SSSR count). The number of halogens is 3. The van der Waals surface area contributed by atoms with Crippen molar-refractivity contribution in [2.24, 2.45) is 0 Å². The summed E-state index contributed by atoms with van der Waals surface area (Å²) in [7, 11) is 0. The minimum Gasteiger partial charge on any atom is -0.251 e. The van der Waals surface area contributed by atoms with Crippen molar-refractivity contribution in [2.45, 2.75) is 84.1 Å². The molecule has 0 aliphatic carbocycles. The Morgan fingerprint density at radius 3 is 2.10 bits per heavy atom. The van der Waals surface area contributed by atoms with Crippen molar-refractivity contribution in [2.75, 3.05) is 0 Å². The molecule has 2 nitrogen and oxygen atoms in total. The van der Waals surface area contributed by atoms with Gasteiger partial charge in [-0.1, -0.05) is 58.8 Å². The van der Waals surface area contributed by atoms with Gasteiger partial charge in [0.1, 0.15) is 8.30 Å². The standard InChI is InChI=1S/C16H27BrI2N2/c1-4-6-8-9-10-12-16(3,11-7-5-2)21-15(19)13(18)14(17)20-21/h4-12H2,1-3H3. The van der Waals surface area contributed by atoms with E-state index >= 15 is 0 Å². The topological polar surface area (TPSA) is 17.8 Å². The smallest absolute Gasteiger partial charge is 0.142 e. The van der Waals surface area contributed by atoms with Gasteiger partial charge in [0.05, 0.1) is 9.11 Å². The summed E-state index contributed by atoms with van der Waals surface area (Å²) in [4.78, 5) is 0. The monoisotopic (exact) mass is 580 g/mol. The van der Waals surface area contributed by atoms with Crippen LogP contribution in [0.5, 0.6) is 0 Å². The zero-order valence-electron chi connectivity index (χ0n) is 13.4. The Balaban J connectivity index is 2.79. The zero-order valence-corrected chi connectivity index (χ0v) is 19.3. The van der Waals surface area contributed by atoms with Crippen molar-refractivity contribution in [3.63, 3.8) is 0 Å². The Hall–Kier alpha value is 1.15. The molecule has 0 bridgehead atoms. The van der Waals surface area contributed by atoms with E-state index in [2.05, 4.69) is 86.6 Å². The van der Waals surface area contributed by atoms with Crippen molar-refractivity contribution >= 4 is 61.1 Å². The number of aromatic nitrogens is 2. The molecular weight excluding hydrogens is 554 g/mol. The molecule has 1 atom stereocenters. The second kappa shape index (κ2) is 10.1. The Kier molecular flexibility index (Phi) is 9.72. The van der Waals surface area contributed by atoms with Gasteiger partial charge in [-0.3, -0.25) is 4.68 Å². The van der Waals surface area contributed by atoms with Gasteiger partial charge in [-0.15, -0.1) is 0 Å². The highest BCUT2D eigenvalue weighted by Gasteiger charge is 2.30. The molecule has 1 unspecified atom stereocenters. The number of rotatable bonds is 10. The number of hydrogen-bond donors (Lipinski definition) is 0. The summed E-state index contributed by atoms with van der Waals surface area (Å²) in [6.07, 6.45) is 11.7. The molecule has 21 heavy (non-hydrogen) atoms. The maximum absolute atomic E-state index is 4.77. The number of hydrogen-bond acceptors (Lipinski definition) is 1. The highest BCUT2D eigenvalue weighted by molar-refractivity contribution is 14.1. The fourth-order valence-corrected chi connectivity index (χ4v) is 4.71. The van der Waals surface area contributed by atoms with Crippen LogP contribution in [0.4, 0.5) is 0 Å². The van der Waals surface area contributed by atoms with Gasteiger partial charge in [0.2, 0.25) is 0 Å². The molecule has 0 spiro atoms. The Labute approximate surface area is 165 Å². The Morgan fingerprint density at radius 2 is 1.57 bits per heavy atom. The van der Waals surface area contributed by atoms with Crippen molar-refractivity contribution in [3.8, 4) is 0 Å². The van der Waals surface area contributed by atoms with Crippen LogP contribution in [0.15, 0.2) is 4.60 Å². The van der Waals surface area contributed by atoms with Gasteiger partial charge in [0.15, 0.2) is 0 Å². The Bertz CT molecular complexity index is 434. The zero-order chi connectivity index (χ0) is 15.9. The third-order valence-electron chi connectivity index (χ3n) is 4.14. The quantitative estimate of drug-likeness (QED) is 0.213. The van der Waals surface area contributed by atoms with E-state index in [4.69, 9.17) is 5.10 Å². The average molecular weight is 581 g/mol. The molecule has 0 N–H and O–H groups in total. The third kappa shape index (κ3) is 5.94. The van der Waals surface area contributed by atoms with E-state index < -0.39 is 0 Å². The van der Waals surface area contributed by atoms with Crippen molar-refractivity contribution in [1.82, 2.24) is 9.78 Å². The summed E-state index contributed by atoms with van der Waals surface area (Å²) < 4.78 is 5.77. The van der Waals surface area contributed by atoms with E-state index in [1.165, 1.54) is 65.1 Å². The van der Waals surface area contributed by atoms with Crippen LogP contribution in [0.25, 0.3) is 0 Å². The molecule has 1 aromatic heterocycles. The third-order valence-corrected chi connectivity index (χ3v) is 8.48. The molecule has 0 aromatic carbocycles. The molecule has 0 aliphatic heterocycles. The summed E-state index contributed by atoms with van der Waals surface area (Å²) in [6, 6.07) is 0. The summed E-state index contributed by atoms with van der Waals surface area (Å²) in [5.41, 5.74) is 0.157. The van der Waals surface area contributed by atoms with Crippen molar-refractivity contribution in [3.05, 3.63) is 11.9 Å². The predicted octanol–water partition coefficient (Wildman–Crippen LogP) is 7.12. The fraction of sp³-hybridized carbons (Fsp3) is 0.812. The second-order valence-electron chi connectivity index (χ2n) is 6.07. The second-order valence-corrected chi connectivity index (χ2v) is 8.92. The summed E-state index contributed by atoms with van der Waals surface area (Å²) in [5, 5.41) is 4.77. The summed E-state index contributed by atoms with van der Waals surface area (Å²) in [6.45, 7) is 6.94. The molecule has 0 aliphatic rings. The van der Waals surface area contributed by atoms with Crippen LogP contribution in [-0.4, -0.2) is 9.78 Å². The Morgan fingerprint density at radius 1 is 1.00 bits per heavy atom. The molecule has 0 saturated carbocycles. The van der Waals surface area contributed by atoms with Crippen LogP contribution in [0.2, 0.25) is 0 Å². The number of unbranched alkanes of at least 4 members (excludes halogenated alkanes) is 5. The molecule has 0 fully saturated rings. The van der Waals surface area contributed by atoms with Crippen LogP contribution >= 0.6 is 61.1 Å². The van der Waals surface area contributed by atoms with Gasteiger partial charge in [0, 0.05) is 0 Å². The molecule has 0 amide bonds. The largest absolute Gasteiger partial charge is 0.251 e. The molecule has 1 aromatic rings. The lowest BCUT2D eigenvalue weighted by atomic mass is 9.89. The molecule has 0 saturated heterocycles.